The highest BCUT2D eigenvalue weighted by atomic mass is 17.2. The Bertz CT molecular complexity index is 329. The molecule has 0 spiro atoms. The molecule has 0 heterocycles. The summed E-state index contributed by atoms with van der Waals surface area (Å²) in [6, 6.07) is 0. The van der Waals surface area contributed by atoms with Crippen LogP contribution in [0.3, 0.4) is 0 Å². The molecule has 0 rings (SSSR count). The van der Waals surface area contributed by atoms with E-state index in [0.717, 1.165) is 0 Å². The maximum atomic E-state index is 11.7. The summed E-state index contributed by atoms with van der Waals surface area (Å²) in [7, 11) is 0. The summed E-state index contributed by atoms with van der Waals surface area (Å²) < 4.78 is 9.93. The lowest BCUT2D eigenvalue weighted by Gasteiger charge is -2.18. The predicted molar refractivity (Wildman–Crippen MR) is 68.5 cm³/mol. The molecule has 0 aromatic rings. The standard InChI is InChI=1S/C13H22O6/c1-7-16-10(11(14)9(2)3)8-17-12(15)18-19-13(4,5)6/h10H,2,7-8H2,1,3-6H3. The van der Waals surface area contributed by atoms with Crippen LogP contribution in [0.5, 0.6) is 0 Å². The molecule has 19 heavy (non-hydrogen) atoms. The Morgan fingerprint density at radius 2 is 1.84 bits per heavy atom. The summed E-state index contributed by atoms with van der Waals surface area (Å²) >= 11 is 0. The SMILES string of the molecule is C=C(C)C(=O)C(COC(=O)OOC(C)(C)C)OCC. The molecule has 0 aromatic heterocycles. The maximum absolute atomic E-state index is 11.7. The quantitative estimate of drug-likeness (QED) is 0.307. The first-order chi connectivity index (χ1) is 8.67. The fourth-order valence-corrected chi connectivity index (χ4v) is 1.00. The highest BCUT2D eigenvalue weighted by Gasteiger charge is 2.23. The Morgan fingerprint density at radius 1 is 1.26 bits per heavy atom. The molecule has 1 atom stereocenters. The monoisotopic (exact) mass is 274 g/mol. The second kappa shape index (κ2) is 7.91. The van der Waals surface area contributed by atoms with E-state index in [2.05, 4.69) is 11.5 Å². The van der Waals surface area contributed by atoms with Gasteiger partial charge in [0.05, 0.1) is 0 Å². The number of Topliss-reactive ketones (excluding diaryl/α,β-unsaturated/α-hetero) is 1. The van der Waals surface area contributed by atoms with E-state index in [1.165, 1.54) is 0 Å². The van der Waals surface area contributed by atoms with Crippen LogP contribution in [0, 0.1) is 0 Å². The van der Waals surface area contributed by atoms with Gasteiger partial charge in [0.25, 0.3) is 0 Å². The summed E-state index contributed by atoms with van der Waals surface area (Å²) in [5.74, 6) is -0.314. The molecule has 0 saturated heterocycles. The number of carbonyl (C=O) groups is 2. The van der Waals surface area contributed by atoms with Gasteiger partial charge in [-0.15, -0.1) is 0 Å². The second-order valence-corrected chi connectivity index (χ2v) is 4.93. The van der Waals surface area contributed by atoms with Gasteiger partial charge in [0, 0.05) is 6.61 Å². The van der Waals surface area contributed by atoms with Crippen molar-refractivity contribution < 1.29 is 28.8 Å². The van der Waals surface area contributed by atoms with Crippen LogP contribution in [0.25, 0.3) is 0 Å². The van der Waals surface area contributed by atoms with E-state index in [-0.39, 0.29) is 12.4 Å². The van der Waals surface area contributed by atoms with E-state index in [9.17, 15) is 9.59 Å². The number of hydrogen-bond donors (Lipinski definition) is 0. The van der Waals surface area contributed by atoms with Crippen LogP contribution >= 0.6 is 0 Å². The molecule has 110 valence electrons. The molecule has 0 aromatic carbocycles. The molecule has 1 unspecified atom stereocenters. The van der Waals surface area contributed by atoms with E-state index >= 15 is 0 Å². The van der Waals surface area contributed by atoms with Gasteiger partial charge in [-0.05, 0) is 40.2 Å². The van der Waals surface area contributed by atoms with Gasteiger partial charge in [0.2, 0.25) is 0 Å². The number of hydrogen-bond acceptors (Lipinski definition) is 6. The average molecular weight is 274 g/mol. The molecule has 0 aliphatic rings. The van der Waals surface area contributed by atoms with Crippen LogP contribution in [0.2, 0.25) is 0 Å². The van der Waals surface area contributed by atoms with E-state index in [4.69, 9.17) is 14.4 Å². The fraction of sp³-hybridized carbons (Fsp3) is 0.692. The molecule has 0 fully saturated rings. The van der Waals surface area contributed by atoms with Crippen molar-refractivity contribution in [2.45, 2.75) is 46.3 Å². The molecule has 0 radical (unpaired) electrons. The van der Waals surface area contributed by atoms with Crippen LogP contribution in [-0.4, -0.2) is 36.9 Å². The van der Waals surface area contributed by atoms with Gasteiger partial charge in [0.1, 0.15) is 12.2 Å². The lowest BCUT2D eigenvalue weighted by molar-refractivity contribution is -0.312. The van der Waals surface area contributed by atoms with Crippen molar-refractivity contribution in [3.63, 3.8) is 0 Å². The van der Waals surface area contributed by atoms with Crippen molar-refractivity contribution >= 4 is 11.9 Å². The Balaban J connectivity index is 4.21. The zero-order valence-electron chi connectivity index (χ0n) is 12.1. The van der Waals surface area contributed by atoms with Gasteiger partial charge < -0.3 is 9.47 Å². The maximum Gasteiger partial charge on any atom is 0.540 e. The number of rotatable bonds is 7. The molecule has 0 amide bonds. The van der Waals surface area contributed by atoms with Gasteiger partial charge in [0.15, 0.2) is 11.9 Å². The van der Waals surface area contributed by atoms with Crippen LogP contribution in [0.1, 0.15) is 34.6 Å². The minimum Gasteiger partial charge on any atom is -0.429 e. The first-order valence-electron chi connectivity index (χ1n) is 6.01. The van der Waals surface area contributed by atoms with Gasteiger partial charge in [-0.3, -0.25) is 9.68 Å². The first kappa shape index (κ1) is 17.6. The van der Waals surface area contributed by atoms with Crippen molar-refractivity contribution in [2.75, 3.05) is 13.2 Å². The van der Waals surface area contributed by atoms with Crippen molar-refractivity contribution in [3.8, 4) is 0 Å². The number of carbonyl (C=O) groups excluding carboxylic acids is 2. The molecule has 6 nitrogen and oxygen atoms in total. The van der Waals surface area contributed by atoms with Gasteiger partial charge in [-0.2, -0.15) is 4.89 Å². The smallest absolute Gasteiger partial charge is 0.429 e. The molecular weight excluding hydrogens is 252 g/mol. The minimum absolute atomic E-state index is 0.244. The van der Waals surface area contributed by atoms with Gasteiger partial charge in [-0.25, -0.2) is 4.79 Å². The largest absolute Gasteiger partial charge is 0.540 e. The molecule has 0 aliphatic carbocycles. The molecule has 0 N–H and O–H groups in total. The first-order valence-corrected chi connectivity index (χ1v) is 6.01. The zero-order valence-corrected chi connectivity index (χ0v) is 12.1. The van der Waals surface area contributed by atoms with E-state index in [1.54, 1.807) is 34.6 Å². The normalized spacial score (nSPS) is 12.7. The topological polar surface area (TPSA) is 71.1 Å². The molecule has 0 bridgehead atoms. The summed E-state index contributed by atoms with van der Waals surface area (Å²) in [4.78, 5) is 32.1. The van der Waals surface area contributed by atoms with Gasteiger partial charge >= 0.3 is 6.16 Å². The van der Waals surface area contributed by atoms with E-state index in [1.807, 2.05) is 0 Å². The summed E-state index contributed by atoms with van der Waals surface area (Å²) in [6.07, 6.45) is -1.89. The van der Waals surface area contributed by atoms with Gasteiger partial charge in [-0.1, -0.05) is 6.58 Å². The third-order valence-electron chi connectivity index (χ3n) is 1.79. The summed E-state index contributed by atoms with van der Waals surface area (Å²) in [5.41, 5.74) is -0.298. The van der Waals surface area contributed by atoms with Crippen LogP contribution in [0.15, 0.2) is 12.2 Å². The molecule has 0 saturated carbocycles. The van der Waals surface area contributed by atoms with E-state index in [0.29, 0.717) is 12.2 Å². The number of ether oxygens (including phenoxy) is 2. The van der Waals surface area contributed by atoms with Crippen LogP contribution in [0.4, 0.5) is 4.79 Å². The highest BCUT2D eigenvalue weighted by Crippen LogP contribution is 2.08. The Kier molecular flexibility index (Phi) is 7.33. The number of ketones is 1. The molecule has 6 heteroatoms. The van der Waals surface area contributed by atoms with Crippen molar-refractivity contribution in [2.24, 2.45) is 0 Å². The van der Waals surface area contributed by atoms with E-state index < -0.39 is 17.9 Å². The second-order valence-electron chi connectivity index (χ2n) is 4.93. The minimum atomic E-state index is -1.02. The highest BCUT2D eigenvalue weighted by molar-refractivity contribution is 5.97. The Labute approximate surface area is 113 Å². The fourth-order valence-electron chi connectivity index (χ4n) is 1.00. The van der Waals surface area contributed by atoms with Crippen molar-refractivity contribution in [1.82, 2.24) is 0 Å². The summed E-state index contributed by atoms with van der Waals surface area (Å²) in [5, 5.41) is 0. The lowest BCUT2D eigenvalue weighted by atomic mass is 10.1. The van der Waals surface area contributed by atoms with Crippen LogP contribution < -0.4 is 0 Å². The Morgan fingerprint density at radius 3 is 2.26 bits per heavy atom. The third-order valence-corrected chi connectivity index (χ3v) is 1.79. The average Bonchev–Trinajstić information content (AvgIpc) is 2.29. The third kappa shape index (κ3) is 8.34. The molecular formula is C13H22O6. The van der Waals surface area contributed by atoms with Crippen molar-refractivity contribution in [3.05, 3.63) is 12.2 Å². The Hall–Kier alpha value is -1.40. The van der Waals surface area contributed by atoms with Crippen LogP contribution in [-0.2, 0) is 24.0 Å². The molecule has 0 aliphatic heterocycles. The predicted octanol–water partition coefficient (Wildman–Crippen LogP) is 2.42. The summed E-state index contributed by atoms with van der Waals surface area (Å²) in [6.45, 7) is 12.1. The lowest BCUT2D eigenvalue weighted by Crippen LogP contribution is -2.32. The van der Waals surface area contributed by atoms with Crippen molar-refractivity contribution in [1.29, 1.82) is 0 Å². The zero-order chi connectivity index (χ0) is 15.1.